The van der Waals surface area contributed by atoms with Gasteiger partial charge in [-0.1, -0.05) is 25.1 Å². The lowest BCUT2D eigenvalue weighted by molar-refractivity contribution is 0.0628. The summed E-state index contributed by atoms with van der Waals surface area (Å²) in [7, 11) is 0. The van der Waals surface area contributed by atoms with Crippen molar-refractivity contribution in [2.24, 2.45) is 0 Å². The maximum Gasteiger partial charge on any atom is 0.253 e. The first-order chi connectivity index (χ1) is 12.7. The summed E-state index contributed by atoms with van der Waals surface area (Å²) in [5.41, 5.74) is 3.26. The molecule has 5 heteroatoms. The molecular weight excluding hydrogens is 328 g/mol. The van der Waals surface area contributed by atoms with Crippen molar-refractivity contribution in [2.45, 2.75) is 19.9 Å². The molecule has 0 aliphatic carbocycles. The van der Waals surface area contributed by atoms with Crippen LogP contribution in [0.15, 0.2) is 42.5 Å². The Hall–Kier alpha value is -2.53. The zero-order valence-corrected chi connectivity index (χ0v) is 15.1. The van der Waals surface area contributed by atoms with Gasteiger partial charge in [0.15, 0.2) is 11.5 Å². The van der Waals surface area contributed by atoms with Crippen molar-refractivity contribution in [2.75, 3.05) is 33.0 Å². The maximum absolute atomic E-state index is 12.7. The molecule has 2 aliphatic rings. The lowest BCUT2D eigenvalue weighted by atomic mass is 10.1. The van der Waals surface area contributed by atoms with Gasteiger partial charge >= 0.3 is 0 Å². The minimum absolute atomic E-state index is 0.135. The van der Waals surface area contributed by atoms with Crippen molar-refractivity contribution >= 4 is 5.91 Å². The number of carbonyl (C=O) groups excluding carboxylic acids is 1. The molecule has 0 spiro atoms. The standard InChI is InChI=1S/C21H24N2O3/c1-2-16-3-6-18(7-4-16)21(24)23-11-9-22(10-12-23)14-17-5-8-19-20(13-17)26-15-25-19/h3-8,13H,2,9-12,14-15H2,1H3. The normalized spacial score (nSPS) is 16.7. The Morgan fingerprint density at radius 3 is 2.35 bits per heavy atom. The van der Waals surface area contributed by atoms with E-state index in [9.17, 15) is 4.79 Å². The van der Waals surface area contributed by atoms with Crippen LogP contribution in [0.3, 0.4) is 0 Å². The molecule has 2 heterocycles. The number of hydrogen-bond acceptors (Lipinski definition) is 4. The molecule has 0 aromatic heterocycles. The first-order valence-corrected chi connectivity index (χ1v) is 9.22. The topological polar surface area (TPSA) is 42.0 Å². The molecule has 136 valence electrons. The van der Waals surface area contributed by atoms with E-state index >= 15 is 0 Å². The molecule has 0 radical (unpaired) electrons. The number of aryl methyl sites for hydroxylation is 1. The van der Waals surface area contributed by atoms with E-state index in [-0.39, 0.29) is 5.91 Å². The first-order valence-electron chi connectivity index (χ1n) is 9.22. The lowest BCUT2D eigenvalue weighted by Gasteiger charge is -2.34. The molecule has 2 aliphatic heterocycles. The molecule has 0 bridgehead atoms. The third kappa shape index (κ3) is 3.53. The monoisotopic (exact) mass is 352 g/mol. The van der Waals surface area contributed by atoms with Crippen molar-refractivity contribution in [3.63, 3.8) is 0 Å². The summed E-state index contributed by atoms with van der Waals surface area (Å²) < 4.78 is 10.8. The van der Waals surface area contributed by atoms with E-state index in [0.29, 0.717) is 6.79 Å². The highest BCUT2D eigenvalue weighted by Gasteiger charge is 2.22. The minimum atomic E-state index is 0.135. The number of hydrogen-bond donors (Lipinski definition) is 0. The van der Waals surface area contributed by atoms with Crippen LogP contribution < -0.4 is 9.47 Å². The minimum Gasteiger partial charge on any atom is -0.454 e. The predicted molar refractivity (Wildman–Crippen MR) is 99.6 cm³/mol. The van der Waals surface area contributed by atoms with Crippen LogP contribution in [0.5, 0.6) is 11.5 Å². The van der Waals surface area contributed by atoms with Gasteiger partial charge in [-0.15, -0.1) is 0 Å². The number of ether oxygens (including phenoxy) is 2. The smallest absolute Gasteiger partial charge is 0.253 e. The van der Waals surface area contributed by atoms with Crippen LogP contribution in [0.25, 0.3) is 0 Å². The highest BCUT2D eigenvalue weighted by molar-refractivity contribution is 5.94. The molecule has 2 aromatic rings. The van der Waals surface area contributed by atoms with Crippen molar-refractivity contribution in [3.05, 3.63) is 59.2 Å². The number of nitrogens with zero attached hydrogens (tertiary/aromatic N) is 2. The quantitative estimate of drug-likeness (QED) is 0.848. The SMILES string of the molecule is CCc1ccc(C(=O)N2CCN(Cc3ccc4c(c3)OCO4)CC2)cc1. The molecule has 0 saturated carbocycles. The zero-order chi connectivity index (χ0) is 17.9. The molecule has 0 unspecified atom stereocenters. The molecule has 2 aromatic carbocycles. The average Bonchev–Trinajstić information content (AvgIpc) is 3.16. The summed E-state index contributed by atoms with van der Waals surface area (Å²) in [6, 6.07) is 14.1. The van der Waals surface area contributed by atoms with Gasteiger partial charge < -0.3 is 14.4 Å². The van der Waals surface area contributed by atoms with Crippen LogP contribution in [0.2, 0.25) is 0 Å². The number of fused-ring (bicyclic) bond motifs is 1. The summed E-state index contributed by atoms with van der Waals surface area (Å²) >= 11 is 0. The first kappa shape index (κ1) is 16.9. The number of amides is 1. The Morgan fingerprint density at radius 1 is 0.923 bits per heavy atom. The summed E-state index contributed by atoms with van der Waals surface area (Å²) in [5, 5.41) is 0. The maximum atomic E-state index is 12.7. The van der Waals surface area contributed by atoms with Crippen molar-refractivity contribution in [1.29, 1.82) is 0 Å². The van der Waals surface area contributed by atoms with E-state index in [1.54, 1.807) is 0 Å². The number of carbonyl (C=O) groups is 1. The Morgan fingerprint density at radius 2 is 1.62 bits per heavy atom. The van der Waals surface area contributed by atoms with Crippen LogP contribution in [0.1, 0.15) is 28.4 Å². The summed E-state index contributed by atoms with van der Waals surface area (Å²) in [6.45, 7) is 6.58. The Kier molecular flexibility index (Phi) is 4.80. The van der Waals surface area contributed by atoms with Gasteiger partial charge in [-0.2, -0.15) is 0 Å². The molecule has 1 amide bonds. The van der Waals surface area contributed by atoms with Gasteiger partial charge in [-0.05, 0) is 41.8 Å². The molecule has 1 saturated heterocycles. The van der Waals surface area contributed by atoms with Crippen LogP contribution in [-0.2, 0) is 13.0 Å². The van der Waals surface area contributed by atoms with E-state index in [2.05, 4.69) is 24.0 Å². The average molecular weight is 352 g/mol. The number of rotatable bonds is 4. The van der Waals surface area contributed by atoms with Gasteiger partial charge in [-0.25, -0.2) is 0 Å². The Labute approximate surface area is 154 Å². The van der Waals surface area contributed by atoms with Crippen LogP contribution in [0.4, 0.5) is 0 Å². The van der Waals surface area contributed by atoms with Gasteiger partial charge in [0.1, 0.15) is 0 Å². The van der Waals surface area contributed by atoms with E-state index in [4.69, 9.17) is 9.47 Å². The lowest BCUT2D eigenvalue weighted by Crippen LogP contribution is -2.48. The van der Waals surface area contributed by atoms with E-state index in [0.717, 1.165) is 56.2 Å². The highest BCUT2D eigenvalue weighted by Crippen LogP contribution is 2.32. The molecular formula is C21H24N2O3. The fourth-order valence-electron chi connectivity index (χ4n) is 3.47. The fourth-order valence-corrected chi connectivity index (χ4v) is 3.47. The molecule has 1 fully saturated rings. The molecule has 26 heavy (non-hydrogen) atoms. The van der Waals surface area contributed by atoms with Crippen molar-refractivity contribution < 1.29 is 14.3 Å². The zero-order valence-electron chi connectivity index (χ0n) is 15.1. The van der Waals surface area contributed by atoms with Crippen LogP contribution in [-0.4, -0.2) is 48.7 Å². The van der Waals surface area contributed by atoms with Gasteiger partial charge in [0.25, 0.3) is 5.91 Å². The molecule has 0 N–H and O–H groups in total. The van der Waals surface area contributed by atoms with Crippen LogP contribution in [0, 0.1) is 0 Å². The fraction of sp³-hybridized carbons (Fsp3) is 0.381. The molecule has 0 atom stereocenters. The molecule has 4 rings (SSSR count). The van der Waals surface area contributed by atoms with E-state index in [1.165, 1.54) is 11.1 Å². The second-order valence-electron chi connectivity index (χ2n) is 6.81. The Bertz CT molecular complexity index is 780. The van der Waals surface area contributed by atoms with E-state index < -0.39 is 0 Å². The van der Waals surface area contributed by atoms with Gasteiger partial charge in [0.2, 0.25) is 6.79 Å². The van der Waals surface area contributed by atoms with Gasteiger partial charge in [0.05, 0.1) is 0 Å². The second kappa shape index (κ2) is 7.38. The van der Waals surface area contributed by atoms with Gasteiger partial charge in [0, 0.05) is 38.3 Å². The molecule has 5 nitrogen and oxygen atoms in total. The number of benzene rings is 2. The predicted octanol–water partition coefficient (Wildman–Crippen LogP) is 2.94. The van der Waals surface area contributed by atoms with Crippen molar-refractivity contribution in [3.8, 4) is 11.5 Å². The highest BCUT2D eigenvalue weighted by atomic mass is 16.7. The summed E-state index contributed by atoms with van der Waals surface area (Å²) in [4.78, 5) is 17.0. The van der Waals surface area contributed by atoms with Crippen molar-refractivity contribution in [1.82, 2.24) is 9.80 Å². The Balaban J connectivity index is 1.32. The third-order valence-corrected chi connectivity index (χ3v) is 5.11. The third-order valence-electron chi connectivity index (χ3n) is 5.11. The largest absolute Gasteiger partial charge is 0.454 e. The number of piperazine rings is 1. The summed E-state index contributed by atoms with van der Waals surface area (Å²) in [6.07, 6.45) is 0.993. The second-order valence-corrected chi connectivity index (χ2v) is 6.81. The van der Waals surface area contributed by atoms with Crippen LogP contribution >= 0.6 is 0 Å². The van der Waals surface area contributed by atoms with Gasteiger partial charge in [-0.3, -0.25) is 9.69 Å². The van der Waals surface area contributed by atoms with E-state index in [1.807, 2.05) is 35.2 Å². The summed E-state index contributed by atoms with van der Waals surface area (Å²) in [5.74, 6) is 1.78.